The smallest absolute Gasteiger partial charge is 0.324 e. The van der Waals surface area contributed by atoms with E-state index in [1.54, 1.807) is 12.1 Å². The molecular weight excluding hydrogens is 754 g/mol. The van der Waals surface area contributed by atoms with E-state index in [2.05, 4.69) is 25.4 Å². The number of fused-ring (bicyclic) bond motifs is 20. The van der Waals surface area contributed by atoms with Gasteiger partial charge in [0.1, 0.15) is 33.2 Å². The molecule has 6 heterocycles. The van der Waals surface area contributed by atoms with Gasteiger partial charge in [0, 0.05) is 49.4 Å². The number of nitrogens with two attached hydrogens (primary N) is 1. The first-order chi connectivity index (χ1) is 25.2. The Hall–Kier alpha value is -6.46. The van der Waals surface area contributed by atoms with Crippen molar-refractivity contribution in [2.24, 2.45) is 5.14 Å². The van der Waals surface area contributed by atoms with Crippen LogP contribution in [0.4, 0.5) is 8.78 Å². The topological polar surface area (TPSA) is 208 Å². The number of benzene rings is 4. The molecule has 8 aromatic rings. The van der Waals surface area contributed by atoms with E-state index in [1.807, 2.05) is 60.7 Å². The molecule has 0 unspecified atom stereocenters. The van der Waals surface area contributed by atoms with Crippen LogP contribution in [0.3, 0.4) is 0 Å². The van der Waals surface area contributed by atoms with Crippen LogP contribution in [0.1, 0.15) is 0 Å². The molecule has 0 fully saturated rings. The molecule has 0 spiro atoms. The summed E-state index contributed by atoms with van der Waals surface area (Å²) in [5.41, 5.74) is 2.67. The summed E-state index contributed by atoms with van der Waals surface area (Å²) in [7, 11) is -4.70. The molecule has 2 aliphatic rings. The fraction of sp³-hybridized carbons (Fsp3) is 0. The van der Waals surface area contributed by atoms with Crippen LogP contribution in [-0.2, 0) is 27.1 Å². The summed E-state index contributed by atoms with van der Waals surface area (Å²) in [6, 6.07) is 25.1. The summed E-state index contributed by atoms with van der Waals surface area (Å²) >= 11 is 0. The van der Waals surface area contributed by atoms with Crippen LogP contribution in [-0.4, -0.2) is 63.7 Å². The number of sulfonamides is 1. The fourth-order valence-electron chi connectivity index (χ4n) is 6.65. The Morgan fingerprint density at radius 3 is 1.49 bits per heavy atom. The Labute approximate surface area is 306 Å². The van der Waals surface area contributed by atoms with Gasteiger partial charge >= 0.3 is 17.1 Å². The van der Waals surface area contributed by atoms with Crippen LogP contribution in [0.15, 0.2) is 89.8 Å². The van der Waals surface area contributed by atoms with Crippen molar-refractivity contribution in [3.63, 3.8) is 0 Å². The standard InChI is InChI=1S/C35H18F2N12O2S.Cu/c36-24-25(47-49-48-27(24)37)22-14-13-21-23(26(22)52(38,50)51)35-45-33-20-12-6-5-11-19(20)31(43-33)41-29-16-8-2-1-7-15(16)28(39-29)40-30-17-9-3-4-10-18(17)32(42-30)44-34(21)46-35;/h1-14H,(H2,38,50,51)(H2,39,40,41,42,43,44,45,46);/q;+1. The molecule has 0 saturated carbocycles. The number of nitrogens with one attached hydrogen (secondary N) is 2. The first-order valence-corrected chi connectivity index (χ1v) is 17.1. The summed E-state index contributed by atoms with van der Waals surface area (Å²) < 4.78 is 56.3. The molecule has 0 radical (unpaired) electrons. The van der Waals surface area contributed by atoms with E-state index in [0.29, 0.717) is 45.2 Å². The van der Waals surface area contributed by atoms with Crippen molar-refractivity contribution < 1.29 is 34.3 Å². The third-order valence-electron chi connectivity index (χ3n) is 8.88. The van der Waals surface area contributed by atoms with Crippen molar-refractivity contribution in [3.05, 3.63) is 96.7 Å². The van der Waals surface area contributed by atoms with Gasteiger partial charge in [-0.2, -0.15) is 8.78 Å². The summed E-state index contributed by atoms with van der Waals surface area (Å²) in [5.74, 6) is -1.92. The van der Waals surface area contributed by atoms with Gasteiger partial charge in [0.15, 0.2) is 23.3 Å². The number of nitrogens with zero attached hydrogens (tertiary/aromatic N) is 9. The Morgan fingerprint density at radius 2 is 0.981 bits per heavy atom. The molecule has 0 saturated heterocycles. The van der Waals surface area contributed by atoms with E-state index in [4.69, 9.17) is 35.0 Å². The number of hydrogen-bond donors (Lipinski definition) is 3. The van der Waals surface area contributed by atoms with E-state index in [-0.39, 0.29) is 56.3 Å². The zero-order valence-corrected chi connectivity index (χ0v) is 28.2. The minimum Gasteiger partial charge on any atom is -0.324 e. The second kappa shape index (κ2) is 11.8. The molecule has 4 aromatic carbocycles. The maximum Gasteiger partial charge on any atom is 1.00 e. The van der Waals surface area contributed by atoms with Crippen molar-refractivity contribution >= 4 is 54.2 Å². The largest absolute Gasteiger partial charge is 1.00 e. The predicted molar refractivity (Wildman–Crippen MR) is 186 cm³/mol. The second-order valence-corrected chi connectivity index (χ2v) is 13.4. The van der Waals surface area contributed by atoms with E-state index in [0.717, 1.165) is 10.8 Å². The van der Waals surface area contributed by atoms with Crippen LogP contribution >= 0.6 is 0 Å². The van der Waals surface area contributed by atoms with Crippen LogP contribution in [0.5, 0.6) is 0 Å². The van der Waals surface area contributed by atoms with E-state index < -0.39 is 32.4 Å². The molecule has 2 aliphatic heterocycles. The van der Waals surface area contributed by atoms with Crippen LogP contribution in [0.2, 0.25) is 0 Å². The Balaban J connectivity index is 0.00000372. The second-order valence-electron chi connectivity index (χ2n) is 11.9. The first-order valence-electron chi connectivity index (χ1n) is 15.6. The van der Waals surface area contributed by atoms with Gasteiger partial charge in [-0.1, -0.05) is 84.0 Å². The van der Waals surface area contributed by atoms with Gasteiger partial charge in [0.25, 0.3) is 5.95 Å². The molecule has 14 nitrogen and oxygen atoms in total. The van der Waals surface area contributed by atoms with Gasteiger partial charge in [-0.05, 0) is 11.3 Å². The molecule has 0 atom stereocenters. The van der Waals surface area contributed by atoms with Crippen LogP contribution in [0, 0.1) is 11.8 Å². The van der Waals surface area contributed by atoms with Gasteiger partial charge in [0.05, 0.1) is 0 Å². The summed E-state index contributed by atoms with van der Waals surface area (Å²) in [6.45, 7) is 0. The average Bonchev–Trinajstić information content (AvgIpc) is 3.88. The number of hydrogen-bond acceptors (Lipinski definition) is 11. The predicted octanol–water partition coefficient (Wildman–Crippen LogP) is 5.64. The quantitative estimate of drug-likeness (QED) is 0.183. The van der Waals surface area contributed by atoms with Crippen LogP contribution < -0.4 is 5.14 Å². The molecule has 8 bridgehead atoms. The van der Waals surface area contributed by atoms with E-state index in [9.17, 15) is 12.8 Å². The molecule has 0 aliphatic carbocycles. The third-order valence-corrected chi connectivity index (χ3v) is 9.87. The molecule has 18 heteroatoms. The minimum atomic E-state index is -4.70. The van der Waals surface area contributed by atoms with Crippen molar-refractivity contribution in [1.29, 1.82) is 0 Å². The molecular formula is C35H18CuF2N12O2S+. The normalized spacial score (nSPS) is 12.1. The summed E-state index contributed by atoms with van der Waals surface area (Å²) in [4.78, 5) is 35.0. The monoisotopic (exact) mass is 771 g/mol. The molecule has 4 aromatic heterocycles. The summed E-state index contributed by atoms with van der Waals surface area (Å²) in [6.07, 6.45) is 0. The van der Waals surface area contributed by atoms with Crippen molar-refractivity contribution in [2.75, 3.05) is 0 Å². The Morgan fingerprint density at radius 1 is 0.528 bits per heavy atom. The third kappa shape index (κ3) is 4.99. The maximum atomic E-state index is 15.1. The SMILES string of the molecule is NS(=O)(=O)c1c(-c2nnnc(F)c2F)ccc2c3nc4nc(nc5[nH]c(nc6nc(nc([nH]3)c12)-c1ccccc1-6)c1ccccc51)-c1ccccc1-4.[Cu+]. The van der Waals surface area contributed by atoms with E-state index >= 15 is 4.39 Å². The van der Waals surface area contributed by atoms with Crippen LogP contribution in [0.25, 0.3) is 101 Å². The fourth-order valence-corrected chi connectivity index (χ4v) is 7.61. The Bertz CT molecular complexity index is 3170. The van der Waals surface area contributed by atoms with Gasteiger partial charge in [-0.25, -0.2) is 43.5 Å². The zero-order chi connectivity index (χ0) is 35.3. The minimum absolute atomic E-state index is 0. The summed E-state index contributed by atoms with van der Waals surface area (Å²) in [5, 5.41) is 17.5. The van der Waals surface area contributed by atoms with Gasteiger partial charge < -0.3 is 9.97 Å². The zero-order valence-electron chi connectivity index (χ0n) is 26.5. The number of primary sulfonamides is 1. The Kier molecular flexibility index (Phi) is 7.22. The number of rotatable bonds is 2. The van der Waals surface area contributed by atoms with Gasteiger partial charge in [0.2, 0.25) is 15.8 Å². The molecule has 0 amide bonds. The average molecular weight is 772 g/mol. The molecule has 10 rings (SSSR count). The van der Waals surface area contributed by atoms with E-state index in [1.165, 1.54) is 12.1 Å². The van der Waals surface area contributed by atoms with Gasteiger partial charge in [-0.15, -0.1) is 5.10 Å². The molecule has 260 valence electrons. The number of aromatic amines is 2. The number of aromatic nitrogens is 11. The molecule has 4 N–H and O–H groups in total. The number of H-pyrrole nitrogens is 2. The number of halogens is 2. The first kappa shape index (κ1) is 32.4. The van der Waals surface area contributed by atoms with Crippen molar-refractivity contribution in [1.82, 2.24) is 55.3 Å². The maximum absolute atomic E-state index is 15.1. The van der Waals surface area contributed by atoms with Crippen molar-refractivity contribution in [3.8, 4) is 56.8 Å². The van der Waals surface area contributed by atoms with Crippen molar-refractivity contribution in [2.45, 2.75) is 4.90 Å². The molecule has 53 heavy (non-hydrogen) atoms. The van der Waals surface area contributed by atoms with Gasteiger partial charge in [-0.3, -0.25) is 0 Å².